The molecule has 0 radical (unpaired) electrons. The van der Waals surface area contributed by atoms with Crippen LogP contribution in [0.4, 0.5) is 0 Å². The highest BCUT2D eigenvalue weighted by Crippen LogP contribution is 2.16. The Morgan fingerprint density at radius 1 is 0.875 bits per heavy atom. The van der Waals surface area contributed by atoms with Crippen molar-refractivity contribution in [3.05, 3.63) is 102 Å². The van der Waals surface area contributed by atoms with Crippen molar-refractivity contribution in [3.63, 3.8) is 0 Å². The highest BCUT2D eigenvalue weighted by molar-refractivity contribution is 5.95. The van der Waals surface area contributed by atoms with Crippen LogP contribution in [0.2, 0.25) is 0 Å². The van der Waals surface area contributed by atoms with Gasteiger partial charge in [0.05, 0.1) is 0 Å². The van der Waals surface area contributed by atoms with E-state index in [-0.39, 0.29) is 11.8 Å². The minimum Gasteiger partial charge on any atom is -0.489 e. The average Bonchev–Trinajstić information content (AvgIpc) is 2.87. The molecule has 0 spiro atoms. The minimum atomic E-state index is -0.0548. The molecule has 0 unspecified atom stereocenters. The van der Waals surface area contributed by atoms with Gasteiger partial charge in [0.15, 0.2) is 0 Å². The summed E-state index contributed by atoms with van der Waals surface area (Å²) in [7, 11) is 0. The van der Waals surface area contributed by atoms with Crippen molar-refractivity contribution in [3.8, 4) is 5.75 Å². The number of benzene rings is 2. The maximum absolute atomic E-state index is 12.8. The molecule has 1 aliphatic rings. The third kappa shape index (κ3) is 5.60. The van der Waals surface area contributed by atoms with Crippen LogP contribution in [-0.4, -0.2) is 52.8 Å². The first kappa shape index (κ1) is 21.3. The van der Waals surface area contributed by atoms with Gasteiger partial charge in [-0.1, -0.05) is 36.4 Å². The number of amides is 2. The number of rotatable bonds is 6. The van der Waals surface area contributed by atoms with Gasteiger partial charge in [-0.25, -0.2) is 0 Å². The largest absolute Gasteiger partial charge is 0.489 e. The number of carbonyl (C=O) groups is 2. The summed E-state index contributed by atoms with van der Waals surface area (Å²) < 4.78 is 5.79. The van der Waals surface area contributed by atoms with Crippen molar-refractivity contribution in [1.82, 2.24) is 14.8 Å². The molecule has 32 heavy (non-hydrogen) atoms. The average molecular weight is 428 g/mol. The lowest BCUT2D eigenvalue weighted by atomic mass is 10.1. The molecule has 4 rings (SSSR count). The van der Waals surface area contributed by atoms with E-state index in [9.17, 15) is 9.59 Å². The number of piperazine rings is 1. The van der Waals surface area contributed by atoms with Crippen LogP contribution in [0.25, 0.3) is 6.08 Å². The molecule has 6 heteroatoms. The summed E-state index contributed by atoms with van der Waals surface area (Å²) in [6.07, 6.45) is 6.72. The molecule has 2 heterocycles. The first-order valence-electron chi connectivity index (χ1n) is 10.6. The number of aromatic nitrogens is 1. The molecular formula is C26H25N3O3. The van der Waals surface area contributed by atoms with Gasteiger partial charge in [-0.3, -0.25) is 14.6 Å². The number of nitrogens with zero attached hydrogens (tertiary/aromatic N) is 3. The van der Waals surface area contributed by atoms with E-state index in [1.165, 1.54) is 0 Å². The Hall–Kier alpha value is -3.93. The molecule has 1 fully saturated rings. The molecular weight excluding hydrogens is 402 g/mol. The third-order valence-corrected chi connectivity index (χ3v) is 5.33. The predicted molar refractivity (Wildman–Crippen MR) is 123 cm³/mol. The molecule has 2 amide bonds. The van der Waals surface area contributed by atoms with E-state index in [0.29, 0.717) is 38.3 Å². The van der Waals surface area contributed by atoms with Crippen LogP contribution in [0.5, 0.6) is 5.75 Å². The Morgan fingerprint density at radius 3 is 2.28 bits per heavy atom. The summed E-state index contributed by atoms with van der Waals surface area (Å²) in [5.41, 5.74) is 2.59. The zero-order chi connectivity index (χ0) is 22.2. The standard InChI is InChI=1S/C26H25N3O3/c30-25(13-8-21-7-4-14-27-19-21)28-15-17-29(18-16-28)26(31)23-9-11-24(12-10-23)32-20-22-5-2-1-3-6-22/h1-14,19H,15-18,20H2/b13-8+. The number of carbonyl (C=O) groups excluding carboxylic acids is 2. The summed E-state index contributed by atoms with van der Waals surface area (Å²) >= 11 is 0. The highest BCUT2D eigenvalue weighted by Gasteiger charge is 2.23. The van der Waals surface area contributed by atoms with E-state index in [1.54, 1.807) is 46.5 Å². The fourth-order valence-corrected chi connectivity index (χ4v) is 3.49. The molecule has 0 bridgehead atoms. The molecule has 0 saturated carbocycles. The molecule has 2 aromatic carbocycles. The number of hydrogen-bond donors (Lipinski definition) is 0. The van der Waals surface area contributed by atoms with E-state index in [1.807, 2.05) is 54.6 Å². The van der Waals surface area contributed by atoms with Gasteiger partial charge in [0, 0.05) is 50.2 Å². The first-order chi connectivity index (χ1) is 15.7. The lowest BCUT2D eigenvalue weighted by Crippen LogP contribution is -2.50. The second-order valence-corrected chi connectivity index (χ2v) is 7.54. The Kier molecular flexibility index (Phi) is 6.92. The van der Waals surface area contributed by atoms with Gasteiger partial charge in [-0.2, -0.15) is 0 Å². The maximum atomic E-state index is 12.8. The van der Waals surface area contributed by atoms with Gasteiger partial charge in [0.1, 0.15) is 12.4 Å². The summed E-state index contributed by atoms with van der Waals surface area (Å²) in [6.45, 7) is 2.54. The molecule has 3 aromatic rings. The number of hydrogen-bond acceptors (Lipinski definition) is 4. The zero-order valence-electron chi connectivity index (χ0n) is 17.8. The van der Waals surface area contributed by atoms with Crippen molar-refractivity contribution < 1.29 is 14.3 Å². The van der Waals surface area contributed by atoms with Gasteiger partial charge in [0.2, 0.25) is 5.91 Å². The molecule has 1 saturated heterocycles. The summed E-state index contributed by atoms with van der Waals surface area (Å²) in [4.78, 5) is 32.8. The fraction of sp³-hybridized carbons (Fsp3) is 0.192. The summed E-state index contributed by atoms with van der Waals surface area (Å²) in [5, 5.41) is 0. The van der Waals surface area contributed by atoms with E-state index in [4.69, 9.17) is 4.74 Å². The lowest BCUT2D eigenvalue weighted by molar-refractivity contribution is -0.127. The number of ether oxygens (including phenoxy) is 1. The first-order valence-corrected chi connectivity index (χ1v) is 10.6. The molecule has 0 atom stereocenters. The van der Waals surface area contributed by atoms with Crippen molar-refractivity contribution in [1.29, 1.82) is 0 Å². The van der Waals surface area contributed by atoms with Crippen LogP contribution in [0.3, 0.4) is 0 Å². The zero-order valence-corrected chi connectivity index (χ0v) is 17.8. The van der Waals surface area contributed by atoms with Crippen LogP contribution in [0.1, 0.15) is 21.5 Å². The van der Waals surface area contributed by atoms with Crippen LogP contribution < -0.4 is 4.74 Å². The maximum Gasteiger partial charge on any atom is 0.253 e. The van der Waals surface area contributed by atoms with Gasteiger partial charge < -0.3 is 14.5 Å². The van der Waals surface area contributed by atoms with Crippen LogP contribution >= 0.6 is 0 Å². The lowest BCUT2D eigenvalue weighted by Gasteiger charge is -2.34. The van der Waals surface area contributed by atoms with Crippen LogP contribution in [0.15, 0.2) is 85.2 Å². The Labute approximate surface area is 187 Å². The monoisotopic (exact) mass is 427 g/mol. The fourth-order valence-electron chi connectivity index (χ4n) is 3.49. The van der Waals surface area contributed by atoms with Crippen molar-refractivity contribution in [2.24, 2.45) is 0 Å². The minimum absolute atomic E-state index is 0.0300. The van der Waals surface area contributed by atoms with Gasteiger partial charge in [-0.05, 0) is 47.5 Å². The second-order valence-electron chi connectivity index (χ2n) is 7.54. The quantitative estimate of drug-likeness (QED) is 0.564. The molecule has 1 aromatic heterocycles. The van der Waals surface area contributed by atoms with E-state index >= 15 is 0 Å². The molecule has 6 nitrogen and oxygen atoms in total. The van der Waals surface area contributed by atoms with E-state index in [0.717, 1.165) is 16.9 Å². The van der Waals surface area contributed by atoms with E-state index in [2.05, 4.69) is 4.98 Å². The Bertz CT molecular complexity index is 1060. The van der Waals surface area contributed by atoms with Gasteiger partial charge in [0.25, 0.3) is 5.91 Å². The van der Waals surface area contributed by atoms with Crippen LogP contribution in [0, 0.1) is 0 Å². The molecule has 0 aliphatic carbocycles. The Balaban J connectivity index is 1.26. The van der Waals surface area contributed by atoms with Crippen LogP contribution in [-0.2, 0) is 11.4 Å². The van der Waals surface area contributed by atoms with Crippen molar-refractivity contribution in [2.45, 2.75) is 6.61 Å². The normalized spacial score (nSPS) is 13.9. The topological polar surface area (TPSA) is 62.7 Å². The van der Waals surface area contributed by atoms with Gasteiger partial charge in [-0.15, -0.1) is 0 Å². The summed E-state index contributed by atoms with van der Waals surface area (Å²) in [5.74, 6) is 0.639. The molecule has 0 N–H and O–H groups in total. The molecule has 162 valence electrons. The van der Waals surface area contributed by atoms with Gasteiger partial charge >= 0.3 is 0 Å². The summed E-state index contributed by atoms with van der Waals surface area (Å²) in [6, 6.07) is 20.9. The van der Waals surface area contributed by atoms with Crippen molar-refractivity contribution >= 4 is 17.9 Å². The third-order valence-electron chi connectivity index (χ3n) is 5.33. The SMILES string of the molecule is O=C(/C=C/c1cccnc1)N1CCN(C(=O)c2ccc(OCc3ccccc3)cc2)CC1. The number of pyridine rings is 1. The second kappa shape index (κ2) is 10.4. The van der Waals surface area contributed by atoms with E-state index < -0.39 is 0 Å². The Morgan fingerprint density at radius 2 is 1.59 bits per heavy atom. The van der Waals surface area contributed by atoms with Crippen molar-refractivity contribution in [2.75, 3.05) is 26.2 Å². The predicted octanol–water partition coefficient (Wildman–Crippen LogP) is 3.66. The smallest absolute Gasteiger partial charge is 0.253 e. The highest BCUT2D eigenvalue weighted by atomic mass is 16.5. The molecule has 1 aliphatic heterocycles.